The lowest BCUT2D eigenvalue weighted by atomic mass is 9.89. The molecule has 20 heavy (non-hydrogen) atoms. The maximum absolute atomic E-state index is 6.43. The van der Waals surface area contributed by atoms with Crippen molar-refractivity contribution < 1.29 is 4.74 Å². The summed E-state index contributed by atoms with van der Waals surface area (Å²) in [7, 11) is 1.82. The maximum Gasteiger partial charge on any atom is 0.0888 e. The molecule has 1 aromatic rings. The molecule has 1 fully saturated rings. The summed E-state index contributed by atoms with van der Waals surface area (Å²) in [5.74, 6) is 0. The number of aromatic nitrogens is 2. The number of hydrogen-bond donors (Lipinski definition) is 1. The molecule has 5 heteroatoms. The maximum atomic E-state index is 6.43. The Bertz CT molecular complexity index is 427. The average Bonchev–Trinajstić information content (AvgIpc) is 3.06. The van der Waals surface area contributed by atoms with Crippen LogP contribution in [0.25, 0.3) is 0 Å². The molecular formula is C15H26ClN3O. The number of rotatable bonds is 7. The van der Waals surface area contributed by atoms with Gasteiger partial charge in [0.25, 0.3) is 0 Å². The molecule has 114 valence electrons. The van der Waals surface area contributed by atoms with E-state index in [2.05, 4.69) is 24.3 Å². The minimum Gasteiger partial charge on any atom is -0.376 e. The molecule has 1 N–H and O–H groups in total. The number of ether oxygens (including phenoxy) is 1. The van der Waals surface area contributed by atoms with E-state index in [9.17, 15) is 0 Å². The van der Waals surface area contributed by atoms with Crippen molar-refractivity contribution in [2.45, 2.75) is 64.1 Å². The highest BCUT2D eigenvalue weighted by Gasteiger charge is 2.44. The number of nitrogens with zero attached hydrogens (tertiary/aromatic N) is 2. The number of aryl methyl sites for hydroxylation is 1. The molecular weight excluding hydrogens is 274 g/mol. The first-order valence-electron chi connectivity index (χ1n) is 7.68. The van der Waals surface area contributed by atoms with E-state index in [-0.39, 0.29) is 11.6 Å². The molecule has 0 spiro atoms. The van der Waals surface area contributed by atoms with Gasteiger partial charge in [0.2, 0.25) is 0 Å². The Morgan fingerprint density at radius 2 is 2.15 bits per heavy atom. The lowest BCUT2D eigenvalue weighted by Crippen LogP contribution is -2.44. The van der Waals surface area contributed by atoms with Crippen molar-refractivity contribution in [1.29, 1.82) is 0 Å². The molecule has 1 aromatic heterocycles. The molecule has 1 aliphatic carbocycles. The normalized spacial score (nSPS) is 19.4. The molecule has 0 amide bonds. The van der Waals surface area contributed by atoms with Crippen molar-refractivity contribution in [2.24, 2.45) is 0 Å². The fourth-order valence-electron chi connectivity index (χ4n) is 3.37. The predicted molar refractivity (Wildman–Crippen MR) is 82.2 cm³/mol. The van der Waals surface area contributed by atoms with Gasteiger partial charge in [-0.15, -0.1) is 0 Å². The summed E-state index contributed by atoms with van der Waals surface area (Å²) in [5, 5.41) is 8.77. The van der Waals surface area contributed by atoms with Crippen LogP contribution in [0.15, 0.2) is 6.20 Å². The monoisotopic (exact) mass is 299 g/mol. The second kappa shape index (κ2) is 6.92. The van der Waals surface area contributed by atoms with Gasteiger partial charge in [0.1, 0.15) is 0 Å². The van der Waals surface area contributed by atoms with Crippen molar-refractivity contribution in [3.8, 4) is 0 Å². The zero-order valence-electron chi connectivity index (χ0n) is 12.8. The summed E-state index contributed by atoms with van der Waals surface area (Å²) in [6.07, 6.45) is 7.40. The van der Waals surface area contributed by atoms with E-state index >= 15 is 0 Å². The van der Waals surface area contributed by atoms with E-state index in [0.717, 1.165) is 43.1 Å². The smallest absolute Gasteiger partial charge is 0.0888 e. The Labute approximate surface area is 126 Å². The van der Waals surface area contributed by atoms with Crippen LogP contribution in [0.4, 0.5) is 0 Å². The van der Waals surface area contributed by atoms with Gasteiger partial charge in [0, 0.05) is 13.7 Å². The summed E-state index contributed by atoms with van der Waals surface area (Å²) in [6.45, 7) is 6.07. The molecule has 0 aromatic carbocycles. The van der Waals surface area contributed by atoms with Gasteiger partial charge in [-0.25, -0.2) is 0 Å². The SMILES string of the molecule is CCCn1ncc(Cl)c1C(NCC)C1(OC)CCCC1. The van der Waals surface area contributed by atoms with Crippen LogP contribution in [0, 0.1) is 0 Å². The summed E-state index contributed by atoms with van der Waals surface area (Å²) >= 11 is 6.43. The second-order valence-corrected chi connectivity index (χ2v) is 5.97. The van der Waals surface area contributed by atoms with Crippen LogP contribution in [0.5, 0.6) is 0 Å². The third kappa shape index (κ3) is 2.87. The van der Waals surface area contributed by atoms with Crippen molar-refractivity contribution >= 4 is 11.6 Å². The minimum absolute atomic E-state index is 0.113. The topological polar surface area (TPSA) is 39.1 Å². The summed E-state index contributed by atoms with van der Waals surface area (Å²) in [6, 6.07) is 0.113. The van der Waals surface area contributed by atoms with Crippen molar-refractivity contribution in [3.63, 3.8) is 0 Å². The Morgan fingerprint density at radius 3 is 2.70 bits per heavy atom. The van der Waals surface area contributed by atoms with Gasteiger partial charge in [0.05, 0.1) is 28.6 Å². The van der Waals surface area contributed by atoms with Gasteiger partial charge in [-0.1, -0.05) is 38.3 Å². The van der Waals surface area contributed by atoms with Crippen molar-refractivity contribution in [1.82, 2.24) is 15.1 Å². The molecule has 1 saturated carbocycles. The van der Waals surface area contributed by atoms with Crippen LogP contribution in [0.2, 0.25) is 5.02 Å². The number of likely N-dealkylation sites (N-methyl/N-ethyl adjacent to an activating group) is 1. The van der Waals surface area contributed by atoms with E-state index < -0.39 is 0 Å². The van der Waals surface area contributed by atoms with Gasteiger partial charge < -0.3 is 10.1 Å². The van der Waals surface area contributed by atoms with Crippen LogP contribution in [0.3, 0.4) is 0 Å². The molecule has 0 saturated heterocycles. The zero-order valence-corrected chi connectivity index (χ0v) is 13.5. The molecule has 1 aliphatic rings. The van der Waals surface area contributed by atoms with Gasteiger partial charge in [-0.2, -0.15) is 5.10 Å². The highest BCUT2D eigenvalue weighted by atomic mass is 35.5. The molecule has 0 radical (unpaired) electrons. The predicted octanol–water partition coefficient (Wildman–Crippen LogP) is 3.56. The van der Waals surface area contributed by atoms with E-state index in [4.69, 9.17) is 16.3 Å². The molecule has 2 rings (SSSR count). The highest BCUT2D eigenvalue weighted by molar-refractivity contribution is 6.31. The number of nitrogens with one attached hydrogen (secondary N) is 1. The average molecular weight is 300 g/mol. The number of methoxy groups -OCH3 is 1. The Morgan fingerprint density at radius 1 is 1.45 bits per heavy atom. The molecule has 1 atom stereocenters. The largest absolute Gasteiger partial charge is 0.376 e. The lowest BCUT2D eigenvalue weighted by molar-refractivity contribution is -0.0386. The molecule has 1 heterocycles. The Balaban J connectivity index is 2.39. The summed E-state index contributed by atoms with van der Waals surface area (Å²) < 4.78 is 8.00. The van der Waals surface area contributed by atoms with E-state index in [1.807, 2.05) is 11.8 Å². The fourth-order valence-corrected chi connectivity index (χ4v) is 3.62. The molecule has 4 nitrogen and oxygen atoms in total. The van der Waals surface area contributed by atoms with E-state index in [1.165, 1.54) is 12.8 Å². The highest BCUT2D eigenvalue weighted by Crippen LogP contribution is 2.44. The summed E-state index contributed by atoms with van der Waals surface area (Å²) in [5.41, 5.74) is 0.935. The second-order valence-electron chi connectivity index (χ2n) is 5.57. The van der Waals surface area contributed by atoms with Crippen LogP contribution in [0.1, 0.15) is 57.7 Å². The first kappa shape index (κ1) is 15.8. The van der Waals surface area contributed by atoms with Gasteiger partial charge in [-0.05, 0) is 25.8 Å². The Hall–Kier alpha value is -0.580. The van der Waals surface area contributed by atoms with Gasteiger partial charge in [-0.3, -0.25) is 4.68 Å². The molecule has 0 bridgehead atoms. The van der Waals surface area contributed by atoms with Crippen molar-refractivity contribution in [2.75, 3.05) is 13.7 Å². The Kier molecular flexibility index (Phi) is 5.47. The quantitative estimate of drug-likeness (QED) is 0.837. The van der Waals surface area contributed by atoms with Crippen LogP contribution in [-0.4, -0.2) is 29.0 Å². The molecule has 0 aliphatic heterocycles. The van der Waals surface area contributed by atoms with E-state index in [1.54, 1.807) is 6.20 Å². The first-order chi connectivity index (χ1) is 9.68. The standard InChI is InChI=1S/C15H26ClN3O/c1-4-10-19-13(12(16)11-18-19)14(17-5-2)15(20-3)8-6-7-9-15/h11,14,17H,4-10H2,1-3H3. The lowest BCUT2D eigenvalue weighted by Gasteiger charge is -2.37. The number of hydrogen-bond acceptors (Lipinski definition) is 3. The first-order valence-corrected chi connectivity index (χ1v) is 8.06. The minimum atomic E-state index is -0.148. The van der Waals surface area contributed by atoms with E-state index in [0.29, 0.717) is 0 Å². The van der Waals surface area contributed by atoms with Crippen LogP contribution >= 0.6 is 11.6 Å². The third-order valence-corrected chi connectivity index (χ3v) is 4.62. The number of halogens is 1. The van der Waals surface area contributed by atoms with Gasteiger partial charge in [0.15, 0.2) is 0 Å². The zero-order chi connectivity index (χ0) is 14.6. The third-order valence-electron chi connectivity index (χ3n) is 4.33. The van der Waals surface area contributed by atoms with Crippen molar-refractivity contribution in [3.05, 3.63) is 16.9 Å². The van der Waals surface area contributed by atoms with Crippen LogP contribution in [-0.2, 0) is 11.3 Å². The molecule has 1 unspecified atom stereocenters. The summed E-state index contributed by atoms with van der Waals surface area (Å²) in [4.78, 5) is 0. The van der Waals surface area contributed by atoms with Crippen LogP contribution < -0.4 is 5.32 Å². The van der Waals surface area contributed by atoms with Gasteiger partial charge >= 0.3 is 0 Å². The fraction of sp³-hybridized carbons (Fsp3) is 0.800.